The zero-order valence-electron chi connectivity index (χ0n) is 11.1. The molecule has 0 fully saturated rings. The van der Waals surface area contributed by atoms with Crippen LogP contribution in [0.3, 0.4) is 0 Å². The number of amides is 2. The number of nitrogens with zero attached hydrogens (tertiary/aromatic N) is 1. The molecule has 0 aliphatic carbocycles. The van der Waals surface area contributed by atoms with E-state index in [1.54, 1.807) is 37.3 Å². The lowest BCUT2D eigenvalue weighted by Gasteiger charge is -2.23. The summed E-state index contributed by atoms with van der Waals surface area (Å²) in [6.07, 6.45) is 0. The van der Waals surface area contributed by atoms with Crippen molar-refractivity contribution in [1.29, 1.82) is 0 Å². The molecule has 2 amide bonds. The number of benzene rings is 2. The molecule has 1 aliphatic rings. The second kappa shape index (κ2) is 5.28. The second-order valence-electron chi connectivity index (χ2n) is 4.87. The number of fused-ring (bicyclic) bond motifs is 1. The lowest BCUT2D eigenvalue weighted by Crippen LogP contribution is -2.32. The molecule has 2 aromatic carbocycles. The number of carbonyl (C=O) groups is 2. The Balaban J connectivity index is 2.02. The van der Waals surface area contributed by atoms with Gasteiger partial charge in [-0.1, -0.05) is 45.7 Å². The zero-order valence-corrected chi connectivity index (χ0v) is 13.5. The molecular weight excluding hydrogens is 354 g/mol. The summed E-state index contributed by atoms with van der Waals surface area (Å²) in [5.74, 6) is -0.552. The van der Waals surface area contributed by atoms with Crippen LogP contribution < -0.4 is 0 Å². The molecule has 21 heavy (non-hydrogen) atoms. The number of hydrogen-bond acceptors (Lipinski definition) is 2. The highest BCUT2D eigenvalue weighted by molar-refractivity contribution is 9.10. The highest BCUT2D eigenvalue weighted by atomic mass is 79.9. The van der Waals surface area contributed by atoms with Crippen molar-refractivity contribution >= 4 is 39.3 Å². The predicted octanol–water partition coefficient (Wildman–Crippen LogP) is 4.46. The molecule has 0 N–H and O–H groups in total. The molecule has 0 unspecified atom stereocenters. The molecule has 2 aromatic rings. The Morgan fingerprint density at radius 2 is 1.62 bits per heavy atom. The summed E-state index contributed by atoms with van der Waals surface area (Å²) in [7, 11) is 0. The van der Waals surface area contributed by atoms with E-state index in [1.165, 1.54) is 4.90 Å². The van der Waals surface area contributed by atoms with Gasteiger partial charge in [0.05, 0.1) is 17.2 Å². The number of halogens is 2. The predicted molar refractivity (Wildman–Crippen MR) is 84.5 cm³/mol. The van der Waals surface area contributed by atoms with Crippen LogP contribution in [0.5, 0.6) is 0 Å². The summed E-state index contributed by atoms with van der Waals surface area (Å²) in [5.41, 5.74) is 1.64. The van der Waals surface area contributed by atoms with Crippen LogP contribution in [-0.4, -0.2) is 16.7 Å². The molecule has 106 valence electrons. The summed E-state index contributed by atoms with van der Waals surface area (Å²) >= 11 is 9.57. The smallest absolute Gasteiger partial charge is 0.262 e. The van der Waals surface area contributed by atoms with Gasteiger partial charge in [0, 0.05) is 9.50 Å². The van der Waals surface area contributed by atoms with Crippen LogP contribution in [0, 0.1) is 0 Å². The van der Waals surface area contributed by atoms with E-state index in [1.807, 2.05) is 12.1 Å². The number of imide groups is 1. The van der Waals surface area contributed by atoms with Gasteiger partial charge in [-0.05, 0) is 36.8 Å². The van der Waals surface area contributed by atoms with Gasteiger partial charge >= 0.3 is 0 Å². The largest absolute Gasteiger partial charge is 0.269 e. The molecular formula is C16H11BrClNO2. The first-order valence-electron chi connectivity index (χ1n) is 6.42. The van der Waals surface area contributed by atoms with Crippen LogP contribution >= 0.6 is 27.5 Å². The maximum Gasteiger partial charge on any atom is 0.262 e. The molecule has 0 aromatic heterocycles. The minimum atomic E-state index is -0.419. The van der Waals surface area contributed by atoms with E-state index in [0.29, 0.717) is 16.1 Å². The van der Waals surface area contributed by atoms with Crippen molar-refractivity contribution in [2.75, 3.05) is 0 Å². The summed E-state index contributed by atoms with van der Waals surface area (Å²) in [5, 5.41) is 0.522. The minimum Gasteiger partial charge on any atom is -0.269 e. The third-order valence-corrected chi connectivity index (χ3v) is 4.45. The van der Waals surface area contributed by atoms with Crippen LogP contribution in [0.4, 0.5) is 0 Å². The summed E-state index contributed by atoms with van der Waals surface area (Å²) in [4.78, 5) is 26.2. The van der Waals surface area contributed by atoms with Gasteiger partial charge in [0.15, 0.2) is 0 Å². The minimum absolute atomic E-state index is 0.276. The molecule has 0 saturated carbocycles. The normalized spacial score (nSPS) is 15.3. The van der Waals surface area contributed by atoms with E-state index in [-0.39, 0.29) is 11.8 Å². The molecule has 0 radical (unpaired) electrons. The first-order chi connectivity index (χ1) is 10.0. The first kappa shape index (κ1) is 14.3. The maximum absolute atomic E-state index is 12.5. The molecule has 1 aliphatic heterocycles. The van der Waals surface area contributed by atoms with Crippen LogP contribution in [0.2, 0.25) is 5.02 Å². The van der Waals surface area contributed by atoms with Crippen molar-refractivity contribution < 1.29 is 9.59 Å². The number of carbonyl (C=O) groups excluding carboxylic acids is 2. The van der Waals surface area contributed by atoms with Gasteiger partial charge in [0.1, 0.15) is 0 Å². The van der Waals surface area contributed by atoms with Gasteiger partial charge in [-0.25, -0.2) is 0 Å². The summed E-state index contributed by atoms with van der Waals surface area (Å²) in [6, 6.07) is 11.9. The quantitative estimate of drug-likeness (QED) is 0.738. The van der Waals surface area contributed by atoms with E-state index in [4.69, 9.17) is 11.6 Å². The first-order valence-corrected chi connectivity index (χ1v) is 7.59. The highest BCUT2D eigenvalue weighted by Crippen LogP contribution is 2.34. The van der Waals surface area contributed by atoms with Gasteiger partial charge in [0.25, 0.3) is 11.8 Å². The molecule has 3 rings (SSSR count). The molecule has 0 bridgehead atoms. The molecule has 5 heteroatoms. The average molecular weight is 365 g/mol. The van der Waals surface area contributed by atoms with Gasteiger partial charge in [0.2, 0.25) is 0 Å². The van der Waals surface area contributed by atoms with Gasteiger partial charge < -0.3 is 0 Å². The van der Waals surface area contributed by atoms with Crippen LogP contribution in [0.1, 0.15) is 39.2 Å². The maximum atomic E-state index is 12.5. The molecule has 1 atom stereocenters. The Morgan fingerprint density at radius 3 is 2.14 bits per heavy atom. The fraction of sp³-hybridized carbons (Fsp3) is 0.125. The average Bonchev–Trinajstić information content (AvgIpc) is 2.71. The topological polar surface area (TPSA) is 37.4 Å². The lowest BCUT2D eigenvalue weighted by molar-refractivity contribution is 0.0595. The van der Waals surface area contributed by atoms with Crippen molar-refractivity contribution in [3.63, 3.8) is 0 Å². The summed E-state index contributed by atoms with van der Waals surface area (Å²) in [6.45, 7) is 1.80. The Kier molecular flexibility index (Phi) is 3.59. The molecule has 0 saturated heterocycles. The molecule has 0 spiro atoms. The van der Waals surface area contributed by atoms with Crippen molar-refractivity contribution in [1.82, 2.24) is 4.90 Å². The van der Waals surface area contributed by atoms with E-state index < -0.39 is 6.04 Å². The Bertz CT molecular complexity index is 725. The molecule has 1 heterocycles. The Morgan fingerprint density at radius 1 is 1.05 bits per heavy atom. The van der Waals surface area contributed by atoms with Crippen molar-refractivity contribution in [3.05, 3.63) is 68.7 Å². The van der Waals surface area contributed by atoms with E-state index >= 15 is 0 Å². The van der Waals surface area contributed by atoms with Gasteiger partial charge in [-0.3, -0.25) is 14.5 Å². The van der Waals surface area contributed by atoms with Gasteiger partial charge in [-0.15, -0.1) is 0 Å². The Labute approximate surface area is 135 Å². The highest BCUT2D eigenvalue weighted by Gasteiger charge is 2.39. The fourth-order valence-corrected chi connectivity index (χ4v) is 3.37. The van der Waals surface area contributed by atoms with Crippen molar-refractivity contribution in [2.24, 2.45) is 0 Å². The lowest BCUT2D eigenvalue weighted by atomic mass is 10.1. The second-order valence-corrected chi connectivity index (χ2v) is 6.19. The van der Waals surface area contributed by atoms with E-state index in [2.05, 4.69) is 15.9 Å². The third-order valence-electron chi connectivity index (χ3n) is 3.63. The van der Waals surface area contributed by atoms with E-state index in [9.17, 15) is 9.59 Å². The standard InChI is InChI=1S/C16H11BrClNO2/c1-9(11-7-6-10(17)8-14(11)18)19-15(20)12-4-2-3-5-13(12)16(19)21/h2-9H,1H3/t9-/m1/s1. The van der Waals surface area contributed by atoms with E-state index in [0.717, 1.165) is 10.0 Å². The zero-order chi connectivity index (χ0) is 15.1. The molecule has 3 nitrogen and oxygen atoms in total. The number of rotatable bonds is 2. The monoisotopic (exact) mass is 363 g/mol. The SMILES string of the molecule is C[C@H](c1ccc(Br)cc1Cl)N1C(=O)c2ccccc2C1=O. The Hall–Kier alpha value is -1.65. The van der Waals surface area contributed by atoms with Crippen molar-refractivity contribution in [2.45, 2.75) is 13.0 Å². The van der Waals surface area contributed by atoms with Crippen LogP contribution in [0.15, 0.2) is 46.9 Å². The third kappa shape index (κ3) is 2.28. The van der Waals surface area contributed by atoms with Crippen LogP contribution in [0.25, 0.3) is 0 Å². The van der Waals surface area contributed by atoms with Gasteiger partial charge in [-0.2, -0.15) is 0 Å². The van der Waals surface area contributed by atoms with Crippen molar-refractivity contribution in [3.8, 4) is 0 Å². The van der Waals surface area contributed by atoms with Crippen LogP contribution in [-0.2, 0) is 0 Å². The number of hydrogen-bond donors (Lipinski definition) is 0. The summed E-state index contributed by atoms with van der Waals surface area (Å²) < 4.78 is 0.853. The fourth-order valence-electron chi connectivity index (χ4n) is 2.54.